The molecule has 0 bridgehead atoms. The van der Waals surface area contributed by atoms with Crippen LogP contribution in [0.3, 0.4) is 0 Å². The first kappa shape index (κ1) is 14.5. The fourth-order valence-electron chi connectivity index (χ4n) is 2.40. The molecule has 6 heteroatoms. The van der Waals surface area contributed by atoms with Crippen LogP contribution in [0.25, 0.3) is 16.6 Å². The van der Waals surface area contributed by atoms with Crippen molar-refractivity contribution in [3.63, 3.8) is 0 Å². The van der Waals surface area contributed by atoms with E-state index in [1.165, 1.54) is 0 Å². The van der Waals surface area contributed by atoms with Crippen LogP contribution in [-0.2, 0) is 11.5 Å². The Balaban J connectivity index is 2.07. The molecule has 0 saturated carbocycles. The number of hydrogen-bond acceptors (Lipinski definition) is 4. The Hall–Kier alpha value is -2.47. The zero-order valence-electron chi connectivity index (χ0n) is 12.7. The highest BCUT2D eigenvalue weighted by Gasteiger charge is 2.14. The van der Waals surface area contributed by atoms with Gasteiger partial charge in [-0.2, -0.15) is 10.2 Å². The second-order valence-corrected chi connectivity index (χ2v) is 5.12. The molecule has 0 amide bonds. The third kappa shape index (κ3) is 2.65. The van der Waals surface area contributed by atoms with E-state index in [1.807, 2.05) is 24.4 Å². The van der Waals surface area contributed by atoms with Crippen LogP contribution in [-0.4, -0.2) is 32.0 Å². The fraction of sp³-hybridized carbons (Fsp3) is 0.312. The van der Waals surface area contributed by atoms with Gasteiger partial charge in [-0.25, -0.2) is 9.36 Å². The number of fused-ring (bicyclic) bond motifs is 1. The van der Waals surface area contributed by atoms with Crippen molar-refractivity contribution in [2.45, 2.75) is 27.0 Å². The van der Waals surface area contributed by atoms with Gasteiger partial charge in [0.1, 0.15) is 6.73 Å². The van der Waals surface area contributed by atoms with Crippen molar-refractivity contribution in [3.8, 4) is 5.69 Å². The minimum atomic E-state index is -0.00498. The van der Waals surface area contributed by atoms with Crippen molar-refractivity contribution in [1.29, 1.82) is 0 Å². The third-order valence-corrected chi connectivity index (χ3v) is 3.45. The van der Waals surface area contributed by atoms with Gasteiger partial charge in [-0.3, -0.25) is 4.79 Å². The maximum absolute atomic E-state index is 12.0. The van der Waals surface area contributed by atoms with Crippen molar-refractivity contribution in [3.05, 3.63) is 42.4 Å². The van der Waals surface area contributed by atoms with Crippen molar-refractivity contribution in [2.24, 2.45) is 0 Å². The lowest BCUT2D eigenvalue weighted by Crippen LogP contribution is -2.07. The lowest BCUT2D eigenvalue weighted by atomic mass is 10.1. The first-order valence-electron chi connectivity index (χ1n) is 7.29. The van der Waals surface area contributed by atoms with Gasteiger partial charge in [0.05, 0.1) is 17.4 Å². The Labute approximate surface area is 128 Å². The van der Waals surface area contributed by atoms with E-state index in [4.69, 9.17) is 4.74 Å². The van der Waals surface area contributed by atoms with Gasteiger partial charge in [-0.05, 0) is 31.5 Å². The van der Waals surface area contributed by atoms with Crippen LogP contribution >= 0.6 is 0 Å². The summed E-state index contributed by atoms with van der Waals surface area (Å²) in [6.07, 6.45) is 6.25. The van der Waals surface area contributed by atoms with Crippen LogP contribution in [0.1, 0.15) is 30.6 Å². The van der Waals surface area contributed by atoms with Gasteiger partial charge in [0, 0.05) is 30.0 Å². The maximum atomic E-state index is 12.0. The highest BCUT2D eigenvalue weighted by atomic mass is 16.5. The van der Waals surface area contributed by atoms with E-state index in [1.54, 1.807) is 28.7 Å². The molecule has 2 aromatic heterocycles. The topological polar surface area (TPSA) is 61.9 Å². The summed E-state index contributed by atoms with van der Waals surface area (Å²) in [6, 6.07) is 5.62. The monoisotopic (exact) mass is 298 g/mol. The molecule has 0 radical (unpaired) electrons. The predicted molar refractivity (Wildman–Crippen MR) is 83.1 cm³/mol. The second kappa shape index (κ2) is 6.11. The van der Waals surface area contributed by atoms with Gasteiger partial charge in [-0.15, -0.1) is 0 Å². The van der Waals surface area contributed by atoms with Gasteiger partial charge < -0.3 is 4.74 Å². The van der Waals surface area contributed by atoms with Gasteiger partial charge >= 0.3 is 0 Å². The Kier molecular flexibility index (Phi) is 4.02. The Morgan fingerprint density at radius 3 is 2.86 bits per heavy atom. The molecule has 0 atom stereocenters. The average Bonchev–Trinajstić information content (AvgIpc) is 3.15. The van der Waals surface area contributed by atoms with E-state index >= 15 is 0 Å². The van der Waals surface area contributed by atoms with Crippen molar-refractivity contribution < 1.29 is 9.53 Å². The number of hydrogen-bond donors (Lipinski definition) is 0. The number of benzene rings is 1. The molecule has 22 heavy (non-hydrogen) atoms. The zero-order valence-corrected chi connectivity index (χ0v) is 12.7. The Bertz CT molecular complexity index is 790. The number of ether oxygens (including phenoxy) is 1. The zero-order chi connectivity index (χ0) is 15.5. The van der Waals surface area contributed by atoms with Crippen molar-refractivity contribution in [2.75, 3.05) is 6.61 Å². The molecular weight excluding hydrogens is 280 g/mol. The van der Waals surface area contributed by atoms with Crippen LogP contribution in [0.4, 0.5) is 0 Å². The lowest BCUT2D eigenvalue weighted by molar-refractivity contribution is 0.0723. The molecule has 0 aliphatic heterocycles. The van der Waals surface area contributed by atoms with Crippen molar-refractivity contribution in [1.82, 2.24) is 19.6 Å². The molecule has 3 aromatic rings. The largest absolute Gasteiger partial charge is 0.359 e. The summed E-state index contributed by atoms with van der Waals surface area (Å²) in [7, 11) is 0. The van der Waals surface area contributed by atoms with Crippen LogP contribution < -0.4 is 0 Å². The molecule has 3 rings (SSSR count). The first-order chi connectivity index (χ1) is 10.7. The number of carbonyl (C=O) groups is 1. The summed E-state index contributed by atoms with van der Waals surface area (Å²) in [5.74, 6) is -0.00498. The molecule has 1 aromatic carbocycles. The summed E-state index contributed by atoms with van der Waals surface area (Å²) in [6.45, 7) is 4.69. The van der Waals surface area contributed by atoms with Crippen LogP contribution in [0.2, 0.25) is 0 Å². The maximum Gasteiger partial charge on any atom is 0.162 e. The normalized spacial score (nSPS) is 11.2. The van der Waals surface area contributed by atoms with Crippen LogP contribution in [0.15, 0.2) is 36.8 Å². The molecule has 114 valence electrons. The molecule has 0 N–H and O–H groups in total. The molecule has 0 aliphatic carbocycles. The molecule has 0 aliphatic rings. The van der Waals surface area contributed by atoms with Gasteiger partial charge in [-0.1, -0.05) is 6.92 Å². The third-order valence-electron chi connectivity index (χ3n) is 3.45. The Morgan fingerprint density at radius 1 is 1.32 bits per heavy atom. The SMILES string of the molecule is CCCOCn1ncc2cc(-n3cccn3)c(C(C)=O)cc21. The highest BCUT2D eigenvalue weighted by molar-refractivity contribution is 6.01. The minimum absolute atomic E-state index is 0.00498. The minimum Gasteiger partial charge on any atom is -0.359 e. The molecule has 2 heterocycles. The van der Waals surface area contributed by atoms with E-state index in [-0.39, 0.29) is 5.78 Å². The van der Waals surface area contributed by atoms with Crippen LogP contribution in [0, 0.1) is 0 Å². The molecule has 6 nitrogen and oxygen atoms in total. The standard InChI is InChI=1S/C16H18N4O2/c1-3-7-22-11-20-15-9-14(12(2)21)16(8-13(15)10-18-20)19-6-4-5-17-19/h4-6,8-10H,3,7,11H2,1-2H3. The number of rotatable bonds is 6. The quantitative estimate of drug-likeness (QED) is 0.518. The van der Waals surface area contributed by atoms with E-state index < -0.39 is 0 Å². The summed E-state index contributed by atoms with van der Waals surface area (Å²) in [5.41, 5.74) is 2.27. The summed E-state index contributed by atoms with van der Waals surface area (Å²) < 4.78 is 9.00. The second-order valence-electron chi connectivity index (χ2n) is 5.12. The van der Waals surface area contributed by atoms with Gasteiger partial charge in [0.15, 0.2) is 5.78 Å². The predicted octanol–water partition coefficient (Wildman–Crippen LogP) is 2.81. The first-order valence-corrected chi connectivity index (χ1v) is 7.29. The van der Waals surface area contributed by atoms with Gasteiger partial charge in [0.25, 0.3) is 0 Å². The summed E-state index contributed by atoms with van der Waals surface area (Å²) >= 11 is 0. The number of aromatic nitrogens is 4. The Morgan fingerprint density at radius 2 is 2.18 bits per heavy atom. The van der Waals surface area contributed by atoms with Gasteiger partial charge in [0.2, 0.25) is 0 Å². The summed E-state index contributed by atoms with van der Waals surface area (Å²) in [5, 5.41) is 9.51. The molecule has 0 spiro atoms. The van der Waals surface area contributed by atoms with E-state index in [0.29, 0.717) is 18.9 Å². The van der Waals surface area contributed by atoms with E-state index in [9.17, 15) is 4.79 Å². The molecule has 0 unspecified atom stereocenters. The number of ketones is 1. The molecule has 0 saturated heterocycles. The average molecular weight is 298 g/mol. The fourth-order valence-corrected chi connectivity index (χ4v) is 2.40. The molecule has 0 fully saturated rings. The number of Topliss-reactive ketones (excluding diaryl/α,β-unsaturated/α-hetero) is 1. The van der Waals surface area contributed by atoms with E-state index in [0.717, 1.165) is 23.0 Å². The number of nitrogens with zero attached hydrogens (tertiary/aromatic N) is 4. The van der Waals surface area contributed by atoms with E-state index in [2.05, 4.69) is 17.1 Å². The van der Waals surface area contributed by atoms with Crippen molar-refractivity contribution >= 4 is 16.7 Å². The smallest absolute Gasteiger partial charge is 0.162 e. The lowest BCUT2D eigenvalue weighted by Gasteiger charge is -2.09. The summed E-state index contributed by atoms with van der Waals surface area (Å²) in [4.78, 5) is 12.0. The number of carbonyl (C=O) groups excluding carboxylic acids is 1. The molecular formula is C16H18N4O2. The van der Waals surface area contributed by atoms with Crippen LogP contribution in [0.5, 0.6) is 0 Å². The highest BCUT2D eigenvalue weighted by Crippen LogP contribution is 2.23.